The van der Waals surface area contributed by atoms with E-state index < -0.39 is 0 Å². The van der Waals surface area contributed by atoms with E-state index in [2.05, 4.69) is 10.6 Å². The molecule has 2 rings (SSSR count). The number of anilines is 1. The third kappa shape index (κ3) is 5.33. The van der Waals surface area contributed by atoms with Gasteiger partial charge < -0.3 is 10.6 Å². The van der Waals surface area contributed by atoms with E-state index in [1.54, 1.807) is 12.1 Å². The molecular weight excluding hydrogens is 280 g/mol. The number of amides is 2. The quantitative estimate of drug-likeness (QED) is 0.802. The second kappa shape index (κ2) is 7.65. The van der Waals surface area contributed by atoms with Crippen LogP contribution in [-0.4, -0.2) is 23.6 Å². The number of rotatable bonds is 5. The van der Waals surface area contributed by atoms with E-state index in [0.717, 1.165) is 11.0 Å². The van der Waals surface area contributed by atoms with Crippen LogP contribution in [0.4, 0.5) is 10.5 Å². The number of halogens is 1. The van der Waals surface area contributed by atoms with Gasteiger partial charge in [0.25, 0.3) is 0 Å². The fraction of sp³-hybridized carbons (Fsp3) is 0.500. The number of urea groups is 1. The van der Waals surface area contributed by atoms with Crippen LogP contribution < -0.4 is 10.6 Å². The predicted octanol–water partition coefficient (Wildman–Crippen LogP) is 4.14. The van der Waals surface area contributed by atoms with E-state index in [9.17, 15) is 4.79 Å². The summed E-state index contributed by atoms with van der Waals surface area (Å²) in [5, 5.41) is 7.05. The van der Waals surface area contributed by atoms with Crippen LogP contribution >= 0.6 is 23.4 Å². The van der Waals surface area contributed by atoms with Gasteiger partial charge in [-0.2, -0.15) is 11.8 Å². The van der Waals surface area contributed by atoms with Crippen molar-refractivity contribution in [3.05, 3.63) is 29.3 Å². The number of benzene rings is 1. The minimum absolute atomic E-state index is 0.172. The highest BCUT2D eigenvalue weighted by Crippen LogP contribution is 2.28. The molecule has 0 spiro atoms. The van der Waals surface area contributed by atoms with Gasteiger partial charge in [-0.3, -0.25) is 0 Å². The first-order chi connectivity index (χ1) is 9.24. The van der Waals surface area contributed by atoms with Crippen molar-refractivity contribution in [3.8, 4) is 0 Å². The Bertz CT molecular complexity index is 422. The van der Waals surface area contributed by atoms with Crippen molar-refractivity contribution >= 4 is 35.1 Å². The van der Waals surface area contributed by atoms with Crippen molar-refractivity contribution in [1.29, 1.82) is 0 Å². The summed E-state index contributed by atoms with van der Waals surface area (Å²) in [5.74, 6) is 0.980. The van der Waals surface area contributed by atoms with Gasteiger partial charge in [-0.05, 0) is 31.0 Å². The molecule has 1 aliphatic rings. The molecule has 0 aromatic heterocycles. The Morgan fingerprint density at radius 1 is 1.37 bits per heavy atom. The molecule has 2 N–H and O–H groups in total. The van der Waals surface area contributed by atoms with E-state index in [4.69, 9.17) is 11.6 Å². The maximum Gasteiger partial charge on any atom is 0.319 e. The third-order valence-electron chi connectivity index (χ3n) is 3.13. The molecule has 0 heterocycles. The molecule has 0 radical (unpaired) electrons. The topological polar surface area (TPSA) is 41.1 Å². The molecule has 1 aliphatic carbocycles. The standard InChI is InChI=1S/C14H19ClN2OS/c15-11-4-3-5-12(10-11)17-14(18)16-8-9-19-13-6-1-2-7-13/h3-5,10,13H,1-2,6-9H2,(H2,16,17,18). The van der Waals surface area contributed by atoms with Crippen molar-refractivity contribution in [3.63, 3.8) is 0 Å². The van der Waals surface area contributed by atoms with Gasteiger partial charge in [0, 0.05) is 28.3 Å². The lowest BCUT2D eigenvalue weighted by molar-refractivity contribution is 0.252. The van der Waals surface area contributed by atoms with E-state index >= 15 is 0 Å². The Hall–Kier alpha value is -0.870. The van der Waals surface area contributed by atoms with Gasteiger partial charge in [0.2, 0.25) is 0 Å². The molecule has 3 nitrogen and oxygen atoms in total. The van der Waals surface area contributed by atoms with Gasteiger partial charge in [0.05, 0.1) is 0 Å². The lowest BCUT2D eigenvalue weighted by Gasteiger charge is -2.10. The van der Waals surface area contributed by atoms with Crippen LogP contribution in [0.2, 0.25) is 5.02 Å². The Kier molecular flexibility index (Phi) is 5.86. The zero-order valence-corrected chi connectivity index (χ0v) is 12.4. The van der Waals surface area contributed by atoms with Gasteiger partial charge in [0.15, 0.2) is 0 Å². The number of thioether (sulfide) groups is 1. The smallest absolute Gasteiger partial charge is 0.319 e. The minimum Gasteiger partial charge on any atom is -0.337 e. The van der Waals surface area contributed by atoms with E-state index in [0.29, 0.717) is 17.3 Å². The molecule has 0 unspecified atom stereocenters. The number of hydrogen-bond acceptors (Lipinski definition) is 2. The number of nitrogens with one attached hydrogen (secondary N) is 2. The summed E-state index contributed by atoms with van der Waals surface area (Å²) in [6.07, 6.45) is 5.39. The Balaban J connectivity index is 1.61. The van der Waals surface area contributed by atoms with E-state index in [-0.39, 0.29) is 6.03 Å². The van der Waals surface area contributed by atoms with Crippen molar-refractivity contribution in [2.45, 2.75) is 30.9 Å². The highest BCUT2D eigenvalue weighted by molar-refractivity contribution is 7.99. The van der Waals surface area contributed by atoms with E-state index in [1.807, 2.05) is 23.9 Å². The fourth-order valence-electron chi connectivity index (χ4n) is 2.19. The third-order valence-corrected chi connectivity index (χ3v) is 4.74. The van der Waals surface area contributed by atoms with Crippen LogP contribution in [0.15, 0.2) is 24.3 Å². The molecule has 19 heavy (non-hydrogen) atoms. The summed E-state index contributed by atoms with van der Waals surface area (Å²) < 4.78 is 0. The molecule has 104 valence electrons. The van der Waals surface area contributed by atoms with Crippen molar-refractivity contribution in [2.24, 2.45) is 0 Å². The molecule has 2 amide bonds. The molecule has 0 bridgehead atoms. The number of hydrogen-bond donors (Lipinski definition) is 2. The van der Waals surface area contributed by atoms with Gasteiger partial charge in [0.1, 0.15) is 0 Å². The summed E-state index contributed by atoms with van der Waals surface area (Å²) >= 11 is 7.82. The van der Waals surface area contributed by atoms with Crippen molar-refractivity contribution in [2.75, 3.05) is 17.6 Å². The van der Waals surface area contributed by atoms with Crippen molar-refractivity contribution < 1.29 is 4.79 Å². The molecule has 5 heteroatoms. The fourth-order valence-corrected chi connectivity index (χ4v) is 3.60. The Morgan fingerprint density at radius 3 is 2.89 bits per heavy atom. The number of carbonyl (C=O) groups is 1. The normalized spacial score (nSPS) is 15.4. The van der Waals surface area contributed by atoms with Crippen LogP contribution in [0.5, 0.6) is 0 Å². The monoisotopic (exact) mass is 298 g/mol. The number of carbonyl (C=O) groups excluding carboxylic acids is 1. The average molecular weight is 299 g/mol. The van der Waals surface area contributed by atoms with Gasteiger partial charge in [-0.15, -0.1) is 0 Å². The first-order valence-electron chi connectivity index (χ1n) is 6.66. The largest absolute Gasteiger partial charge is 0.337 e. The van der Waals surface area contributed by atoms with Gasteiger partial charge >= 0.3 is 6.03 Å². The molecule has 1 fully saturated rings. The lowest BCUT2D eigenvalue weighted by Crippen LogP contribution is -2.30. The molecule has 0 saturated heterocycles. The lowest BCUT2D eigenvalue weighted by atomic mass is 10.3. The summed E-state index contributed by atoms with van der Waals surface area (Å²) in [5.41, 5.74) is 0.716. The maximum absolute atomic E-state index is 11.6. The van der Waals surface area contributed by atoms with Crippen LogP contribution in [0.3, 0.4) is 0 Å². The first kappa shape index (κ1) is 14.5. The molecule has 1 saturated carbocycles. The molecule has 0 aliphatic heterocycles. The predicted molar refractivity (Wildman–Crippen MR) is 83.2 cm³/mol. The van der Waals surface area contributed by atoms with E-state index in [1.165, 1.54) is 25.7 Å². The SMILES string of the molecule is O=C(NCCSC1CCCC1)Nc1cccc(Cl)c1. The zero-order valence-electron chi connectivity index (χ0n) is 10.8. The highest BCUT2D eigenvalue weighted by Gasteiger charge is 2.14. The summed E-state index contributed by atoms with van der Waals surface area (Å²) in [6.45, 7) is 0.702. The second-order valence-corrected chi connectivity index (χ2v) is 6.51. The highest BCUT2D eigenvalue weighted by atomic mass is 35.5. The van der Waals surface area contributed by atoms with Crippen LogP contribution in [0.1, 0.15) is 25.7 Å². The Morgan fingerprint density at radius 2 is 2.16 bits per heavy atom. The van der Waals surface area contributed by atoms with Crippen LogP contribution in [0.25, 0.3) is 0 Å². The summed E-state index contributed by atoms with van der Waals surface area (Å²) in [4.78, 5) is 11.6. The van der Waals surface area contributed by atoms with Crippen molar-refractivity contribution in [1.82, 2.24) is 5.32 Å². The van der Waals surface area contributed by atoms with Gasteiger partial charge in [-0.25, -0.2) is 4.79 Å². The second-order valence-electron chi connectivity index (χ2n) is 4.67. The molecular formula is C14H19ClN2OS. The molecule has 0 atom stereocenters. The van der Waals surface area contributed by atoms with Crippen LogP contribution in [-0.2, 0) is 0 Å². The van der Waals surface area contributed by atoms with Crippen LogP contribution in [0, 0.1) is 0 Å². The summed E-state index contributed by atoms with van der Waals surface area (Å²) in [6, 6.07) is 6.97. The van der Waals surface area contributed by atoms with Gasteiger partial charge in [-0.1, -0.05) is 30.5 Å². The maximum atomic E-state index is 11.6. The first-order valence-corrected chi connectivity index (χ1v) is 8.09. The Labute approximate surface area is 123 Å². The molecule has 1 aromatic rings. The zero-order chi connectivity index (χ0) is 13.5. The molecule has 1 aromatic carbocycles. The summed E-state index contributed by atoms with van der Waals surface area (Å²) in [7, 11) is 0. The average Bonchev–Trinajstić information content (AvgIpc) is 2.88. The minimum atomic E-state index is -0.172.